The van der Waals surface area contributed by atoms with Gasteiger partial charge in [-0.05, 0) is 60.7 Å². The molecule has 8 aromatic rings. The molecule has 10 heteroatoms. The quantitative estimate of drug-likeness (QED) is 0.161. The fourth-order valence-corrected chi connectivity index (χ4v) is 7.12. The number of anilines is 6. The maximum absolute atomic E-state index is 6.64. The van der Waals surface area contributed by atoms with E-state index in [0.29, 0.717) is 45.7 Å². The Hall–Kier alpha value is -6.10. The molecule has 0 unspecified atom stereocenters. The molecule has 3 aromatic heterocycles. The van der Waals surface area contributed by atoms with E-state index in [2.05, 4.69) is 58.3 Å². The molecule has 0 atom stereocenters. The highest BCUT2D eigenvalue weighted by atomic mass is 32.1. The van der Waals surface area contributed by atoms with E-state index in [0.717, 1.165) is 57.0 Å². The van der Waals surface area contributed by atoms with Gasteiger partial charge in [-0.1, -0.05) is 72.8 Å². The van der Waals surface area contributed by atoms with Gasteiger partial charge in [-0.15, -0.1) is 0 Å². The van der Waals surface area contributed by atoms with E-state index in [4.69, 9.17) is 26.3 Å². The Kier molecular flexibility index (Phi) is 6.99. The van der Waals surface area contributed by atoms with Crippen molar-refractivity contribution in [2.24, 2.45) is 8.73 Å². The zero-order chi connectivity index (χ0) is 31.9. The van der Waals surface area contributed by atoms with Crippen LogP contribution >= 0.6 is 11.7 Å². The third-order valence-electron chi connectivity index (χ3n) is 8.10. The Labute approximate surface area is 283 Å². The van der Waals surface area contributed by atoms with E-state index >= 15 is 0 Å². The number of nitrogens with zero attached hydrogens (tertiary/aromatic N) is 6. The average molecular weight is 661 g/mol. The Balaban J connectivity index is 1.17. The van der Waals surface area contributed by atoms with Gasteiger partial charge in [0.15, 0.2) is 0 Å². The van der Waals surface area contributed by atoms with Gasteiger partial charge in [0.1, 0.15) is 33.9 Å². The number of fused-ring (bicyclic) bond motifs is 2. The third-order valence-corrected chi connectivity index (χ3v) is 9.16. The predicted molar refractivity (Wildman–Crippen MR) is 194 cm³/mol. The lowest BCUT2D eigenvalue weighted by atomic mass is 10.00. The van der Waals surface area contributed by atoms with Gasteiger partial charge in [0, 0.05) is 34.9 Å². The molecule has 5 aromatic carbocycles. The van der Waals surface area contributed by atoms with Crippen LogP contribution in [-0.2, 0) is 11.4 Å². The first kappa shape index (κ1) is 28.1. The van der Waals surface area contributed by atoms with Gasteiger partial charge in [0.2, 0.25) is 11.8 Å². The summed E-state index contributed by atoms with van der Waals surface area (Å²) in [5.41, 5.74) is 8.16. The van der Waals surface area contributed by atoms with Crippen molar-refractivity contribution in [3.8, 4) is 22.6 Å². The molecule has 0 radical (unpaired) electrons. The fraction of sp³-hybridized carbons (Fsp3) is 0. The summed E-state index contributed by atoms with van der Waals surface area (Å²) in [6, 6.07) is 48.5. The molecule has 0 N–H and O–H groups in total. The summed E-state index contributed by atoms with van der Waals surface area (Å²) < 4.78 is 32.3. The third kappa shape index (κ3) is 4.82. The molecule has 0 saturated heterocycles. The maximum Gasteiger partial charge on any atom is 0.205 e. The van der Waals surface area contributed by atoms with Crippen molar-refractivity contribution in [3.05, 3.63) is 146 Å². The lowest BCUT2D eigenvalue weighted by Crippen LogP contribution is -2.08. The average Bonchev–Trinajstić information content (AvgIpc) is 3.98. The smallest absolute Gasteiger partial charge is 0.205 e. The van der Waals surface area contributed by atoms with Crippen LogP contribution in [0, 0.1) is 0 Å². The van der Waals surface area contributed by atoms with Crippen LogP contribution in [0.5, 0.6) is 0 Å². The Morgan fingerprint density at radius 3 is 1.12 bits per heavy atom. The minimum absolute atomic E-state index is 0.628. The second-order valence-electron chi connectivity index (χ2n) is 11.0. The van der Waals surface area contributed by atoms with Gasteiger partial charge in [-0.3, -0.25) is 9.80 Å². The molecule has 0 bridgehead atoms. The fourth-order valence-electron chi connectivity index (χ4n) is 6.00. The number of para-hydroxylation sites is 4. The van der Waals surface area contributed by atoms with Gasteiger partial charge >= 0.3 is 0 Å². The number of furan rings is 2. The standard InChI is InChI=1S/C38H24N6O2S2/c1-5-13-25(14-6-1)43(26-15-7-2-8-16-26)31-23-21-29(45-31)33-35-37(41-47-39-35)34(38-36(33)40-48-42-38)30-22-24-32(46-30)44(27-17-9-3-10-18-27)28-19-11-4-12-20-28/h1-24H. The summed E-state index contributed by atoms with van der Waals surface area (Å²) in [4.78, 5) is 4.17. The molecule has 8 nitrogen and oxygen atoms in total. The second kappa shape index (κ2) is 11.9. The molecule has 0 spiro atoms. The Bertz CT molecular complexity index is 2210. The van der Waals surface area contributed by atoms with Crippen molar-refractivity contribution in [1.82, 2.24) is 8.75 Å². The lowest BCUT2D eigenvalue weighted by Gasteiger charge is -2.22. The topological polar surface area (TPSA) is 83.3 Å². The molecule has 4 heterocycles. The van der Waals surface area contributed by atoms with Gasteiger partial charge in [0.05, 0.1) is 34.2 Å². The molecular formula is C38H24N6O2S2. The molecule has 9 rings (SSSR count). The molecule has 1 aliphatic heterocycles. The molecule has 1 aliphatic rings. The normalized spacial score (nSPS) is 11.8. The molecule has 230 valence electrons. The van der Waals surface area contributed by atoms with Gasteiger partial charge in [0.25, 0.3) is 0 Å². The monoisotopic (exact) mass is 660 g/mol. The van der Waals surface area contributed by atoms with E-state index in [9.17, 15) is 0 Å². The van der Waals surface area contributed by atoms with Crippen molar-refractivity contribution in [3.63, 3.8) is 0 Å². The number of benzene rings is 5. The van der Waals surface area contributed by atoms with Gasteiger partial charge in [-0.25, -0.2) is 0 Å². The molecular weight excluding hydrogens is 637 g/mol. The maximum atomic E-state index is 6.64. The van der Waals surface area contributed by atoms with Crippen LogP contribution in [0.2, 0.25) is 0 Å². The van der Waals surface area contributed by atoms with Crippen LogP contribution in [0.4, 0.5) is 45.9 Å². The van der Waals surface area contributed by atoms with Crippen LogP contribution in [0.15, 0.2) is 163 Å². The number of aromatic nitrogens is 2. The highest BCUT2D eigenvalue weighted by Crippen LogP contribution is 2.53. The van der Waals surface area contributed by atoms with Crippen LogP contribution in [0.25, 0.3) is 33.7 Å². The summed E-state index contributed by atoms with van der Waals surface area (Å²) in [5, 5.41) is 0. The van der Waals surface area contributed by atoms with Crippen molar-refractivity contribution < 1.29 is 8.83 Å². The largest absolute Gasteiger partial charge is 0.440 e. The first-order chi connectivity index (χ1) is 23.8. The van der Waals surface area contributed by atoms with E-state index in [1.54, 1.807) is 0 Å². The van der Waals surface area contributed by atoms with E-state index in [1.165, 1.54) is 0 Å². The summed E-state index contributed by atoms with van der Waals surface area (Å²) in [5.74, 6) is 2.58. The Morgan fingerprint density at radius 1 is 0.417 bits per heavy atom. The van der Waals surface area contributed by atoms with E-state index in [1.807, 2.05) is 97.1 Å². The number of rotatable bonds is 8. The number of hydrogen-bond donors (Lipinski definition) is 0. The molecule has 0 saturated carbocycles. The highest BCUT2D eigenvalue weighted by molar-refractivity contribution is 7.58. The molecule has 48 heavy (non-hydrogen) atoms. The first-order valence-electron chi connectivity index (χ1n) is 15.2. The molecule has 0 amide bonds. The molecule has 0 aliphatic carbocycles. The number of hydrogen-bond acceptors (Lipinski definition) is 9. The minimum Gasteiger partial charge on any atom is -0.440 e. The SMILES string of the molecule is c1ccc(N(c2ccccc2)c2ccc(-c3c4c(c(-c5ccc(N(c6ccccc6)c6ccccc6)o5)c5nsnc35)N=S=N4)o2)cc1. The second-order valence-corrected chi connectivity index (χ2v) is 12.0. The Morgan fingerprint density at radius 2 is 0.771 bits per heavy atom. The first-order valence-corrected chi connectivity index (χ1v) is 16.7. The lowest BCUT2D eigenvalue weighted by molar-refractivity contribution is 0.587. The van der Waals surface area contributed by atoms with Crippen LogP contribution < -0.4 is 9.80 Å². The summed E-state index contributed by atoms with van der Waals surface area (Å²) in [7, 11) is 0. The van der Waals surface area contributed by atoms with Crippen molar-refractivity contribution in [2.45, 2.75) is 0 Å². The zero-order valence-corrected chi connectivity index (χ0v) is 26.8. The zero-order valence-electron chi connectivity index (χ0n) is 25.2. The van der Waals surface area contributed by atoms with E-state index in [-0.39, 0.29) is 0 Å². The molecule has 0 fully saturated rings. The van der Waals surface area contributed by atoms with Crippen LogP contribution in [0.3, 0.4) is 0 Å². The van der Waals surface area contributed by atoms with E-state index < -0.39 is 0 Å². The van der Waals surface area contributed by atoms with Crippen molar-refractivity contribution in [1.29, 1.82) is 0 Å². The van der Waals surface area contributed by atoms with Crippen LogP contribution in [-0.4, -0.2) is 8.75 Å². The summed E-state index contributed by atoms with van der Waals surface area (Å²) in [6.45, 7) is 0. The summed E-state index contributed by atoms with van der Waals surface area (Å²) >= 11 is 2.28. The van der Waals surface area contributed by atoms with Gasteiger partial charge < -0.3 is 8.83 Å². The van der Waals surface area contributed by atoms with Crippen molar-refractivity contribution in [2.75, 3.05) is 9.80 Å². The minimum atomic E-state index is 0.628. The van der Waals surface area contributed by atoms with Gasteiger partial charge in [-0.2, -0.15) is 17.5 Å². The predicted octanol–water partition coefficient (Wildman–Crippen LogP) is 11.9. The van der Waals surface area contributed by atoms with Crippen LogP contribution in [0.1, 0.15) is 0 Å². The highest BCUT2D eigenvalue weighted by Gasteiger charge is 2.30. The van der Waals surface area contributed by atoms with Crippen molar-refractivity contribution >= 4 is 80.0 Å². The summed E-state index contributed by atoms with van der Waals surface area (Å²) in [6.07, 6.45) is 0.